The number of carbonyl (C=O) groups is 3. The summed E-state index contributed by atoms with van der Waals surface area (Å²) in [6.07, 6.45) is 0.446. The molecule has 2 amide bonds. The summed E-state index contributed by atoms with van der Waals surface area (Å²) in [4.78, 5) is 39.8. The van der Waals surface area contributed by atoms with Crippen molar-refractivity contribution < 1.29 is 32.3 Å². The second-order valence-electron chi connectivity index (χ2n) is 11.4. The fourth-order valence-corrected chi connectivity index (χ4v) is 5.76. The van der Waals surface area contributed by atoms with Gasteiger partial charge in [0.15, 0.2) is 0 Å². The number of nitrogens with zero attached hydrogens (tertiary/aromatic N) is 2. The van der Waals surface area contributed by atoms with Crippen LogP contribution in [0, 0.1) is 12.3 Å². The topological polar surface area (TPSA) is 122 Å². The van der Waals surface area contributed by atoms with Crippen LogP contribution in [-0.2, 0) is 30.8 Å². The predicted molar refractivity (Wildman–Crippen MR) is 150 cm³/mol. The summed E-state index contributed by atoms with van der Waals surface area (Å²) in [6.45, 7) is 8.00. The molecule has 2 aromatic rings. The van der Waals surface area contributed by atoms with Gasteiger partial charge in [-0.1, -0.05) is 50.6 Å². The van der Waals surface area contributed by atoms with Gasteiger partial charge in [0.05, 0.1) is 11.5 Å². The van der Waals surface area contributed by atoms with Crippen molar-refractivity contribution in [1.82, 2.24) is 14.5 Å². The number of carbonyl (C=O) groups excluding carboxylic acids is 3. The number of benzene rings is 2. The molecule has 1 fully saturated rings. The molecule has 0 aliphatic carbocycles. The highest BCUT2D eigenvalue weighted by atomic mass is 32.2. The Morgan fingerprint density at radius 3 is 2.25 bits per heavy atom. The lowest BCUT2D eigenvalue weighted by molar-refractivity contribution is -0.150. The summed E-state index contributed by atoms with van der Waals surface area (Å²) < 4.78 is 38.7. The summed E-state index contributed by atoms with van der Waals surface area (Å²) in [7, 11) is -0.755. The SMILES string of the molecule is Cc1ccc(S(=O)(=O)N2CCC[C@H]2C(=O)N[C@@H](Cc2ccc(OC(=O)N(C)C)cc2)C(=O)OCC(C)(C)C)cc1. The van der Waals surface area contributed by atoms with E-state index in [1.165, 1.54) is 21.3 Å². The van der Waals surface area contributed by atoms with Crippen molar-refractivity contribution in [3.8, 4) is 5.75 Å². The maximum absolute atomic E-state index is 13.4. The fraction of sp³-hybridized carbons (Fsp3) is 0.483. The van der Waals surface area contributed by atoms with Crippen molar-refractivity contribution in [1.29, 1.82) is 0 Å². The standard InChI is InChI=1S/C29H39N3O7S/c1-20-9-15-23(16-10-20)40(36,37)32-17-7-8-25(32)26(33)30-24(27(34)38-19-29(2,3)4)18-21-11-13-22(14-12-21)39-28(35)31(5)6/h9-16,24-25H,7-8,17-19H2,1-6H3,(H,30,33)/t24-,25-/m0/s1. The lowest BCUT2D eigenvalue weighted by atomic mass is 9.98. The number of ether oxygens (including phenoxy) is 2. The van der Waals surface area contributed by atoms with Crippen LogP contribution >= 0.6 is 0 Å². The van der Waals surface area contributed by atoms with Crippen LogP contribution < -0.4 is 10.1 Å². The predicted octanol–water partition coefficient (Wildman–Crippen LogP) is 3.53. The first-order valence-electron chi connectivity index (χ1n) is 13.2. The minimum absolute atomic E-state index is 0.105. The molecular formula is C29H39N3O7S. The van der Waals surface area contributed by atoms with Gasteiger partial charge in [-0.3, -0.25) is 4.79 Å². The third kappa shape index (κ3) is 8.28. The Kier molecular flexibility index (Phi) is 9.96. The van der Waals surface area contributed by atoms with Gasteiger partial charge < -0.3 is 19.7 Å². The first kappa shape index (κ1) is 31.1. The molecule has 1 heterocycles. The molecule has 1 N–H and O–H groups in total. The molecule has 10 nitrogen and oxygen atoms in total. The Balaban J connectivity index is 1.78. The number of hydrogen-bond donors (Lipinski definition) is 1. The molecule has 0 bridgehead atoms. The highest BCUT2D eigenvalue weighted by Crippen LogP contribution is 2.27. The van der Waals surface area contributed by atoms with E-state index in [1.807, 2.05) is 27.7 Å². The minimum Gasteiger partial charge on any atom is -0.464 e. The third-order valence-corrected chi connectivity index (χ3v) is 8.24. The number of sulfonamides is 1. The van der Waals surface area contributed by atoms with Crippen LogP contribution in [0.25, 0.3) is 0 Å². The Hall–Kier alpha value is -3.44. The van der Waals surface area contributed by atoms with Crippen LogP contribution in [0.3, 0.4) is 0 Å². The van der Waals surface area contributed by atoms with Crippen LogP contribution in [0.2, 0.25) is 0 Å². The third-order valence-electron chi connectivity index (χ3n) is 6.32. The molecule has 11 heteroatoms. The van der Waals surface area contributed by atoms with Crippen LogP contribution in [0.15, 0.2) is 53.4 Å². The molecule has 1 aliphatic rings. The summed E-state index contributed by atoms with van der Waals surface area (Å²) in [6, 6.07) is 11.1. The zero-order chi connectivity index (χ0) is 29.7. The Bertz CT molecular complexity index is 1300. The van der Waals surface area contributed by atoms with Crippen molar-refractivity contribution >= 4 is 28.0 Å². The van der Waals surface area contributed by atoms with Crippen LogP contribution in [0.4, 0.5) is 4.79 Å². The van der Waals surface area contributed by atoms with E-state index in [1.54, 1.807) is 50.5 Å². The number of esters is 1. The average Bonchev–Trinajstić information content (AvgIpc) is 3.39. The lowest BCUT2D eigenvalue weighted by Crippen LogP contribution is -2.52. The van der Waals surface area contributed by atoms with Crippen molar-refractivity contribution in [2.45, 2.75) is 63.9 Å². The molecule has 3 rings (SSSR count). The van der Waals surface area contributed by atoms with E-state index in [9.17, 15) is 22.8 Å². The van der Waals surface area contributed by atoms with E-state index in [-0.39, 0.29) is 29.9 Å². The van der Waals surface area contributed by atoms with E-state index in [4.69, 9.17) is 9.47 Å². The second-order valence-corrected chi connectivity index (χ2v) is 13.3. The molecular weight excluding hydrogens is 534 g/mol. The molecule has 2 aromatic carbocycles. The van der Waals surface area contributed by atoms with Crippen LogP contribution in [-0.4, -0.2) is 74.9 Å². The molecule has 40 heavy (non-hydrogen) atoms. The maximum Gasteiger partial charge on any atom is 0.414 e. The highest BCUT2D eigenvalue weighted by molar-refractivity contribution is 7.89. The van der Waals surface area contributed by atoms with Gasteiger partial charge in [0.2, 0.25) is 15.9 Å². The van der Waals surface area contributed by atoms with Crippen molar-refractivity contribution in [2.75, 3.05) is 27.2 Å². The number of nitrogens with one attached hydrogen (secondary N) is 1. The zero-order valence-electron chi connectivity index (χ0n) is 24.0. The van der Waals surface area contributed by atoms with E-state index < -0.39 is 40.1 Å². The maximum atomic E-state index is 13.4. The van der Waals surface area contributed by atoms with E-state index in [0.29, 0.717) is 24.2 Å². The molecule has 0 unspecified atom stereocenters. The average molecular weight is 574 g/mol. The van der Waals surface area contributed by atoms with Crippen LogP contribution in [0.1, 0.15) is 44.7 Å². The van der Waals surface area contributed by atoms with Gasteiger partial charge in [-0.05, 0) is 55.0 Å². The number of amides is 2. The molecule has 0 saturated carbocycles. The normalized spacial score (nSPS) is 16.7. The first-order chi connectivity index (χ1) is 18.7. The van der Waals surface area contributed by atoms with Gasteiger partial charge in [0.25, 0.3) is 0 Å². The summed E-state index contributed by atoms with van der Waals surface area (Å²) in [5.74, 6) is -0.832. The summed E-state index contributed by atoms with van der Waals surface area (Å²) in [5.41, 5.74) is 1.33. The van der Waals surface area contributed by atoms with Crippen LogP contribution in [0.5, 0.6) is 5.75 Å². The van der Waals surface area contributed by atoms with Gasteiger partial charge in [0, 0.05) is 27.1 Å². The Morgan fingerprint density at radius 2 is 1.68 bits per heavy atom. The molecule has 2 atom stereocenters. The van der Waals surface area contributed by atoms with Crippen molar-refractivity contribution in [2.24, 2.45) is 5.41 Å². The summed E-state index contributed by atoms with van der Waals surface area (Å²) in [5, 5.41) is 2.76. The Morgan fingerprint density at radius 1 is 1.05 bits per heavy atom. The van der Waals surface area contributed by atoms with Crippen molar-refractivity contribution in [3.63, 3.8) is 0 Å². The zero-order valence-corrected chi connectivity index (χ0v) is 24.8. The smallest absolute Gasteiger partial charge is 0.414 e. The molecule has 0 spiro atoms. The summed E-state index contributed by atoms with van der Waals surface area (Å²) >= 11 is 0. The largest absolute Gasteiger partial charge is 0.464 e. The van der Waals surface area contributed by atoms with E-state index in [0.717, 1.165) is 5.56 Å². The van der Waals surface area contributed by atoms with Gasteiger partial charge in [-0.15, -0.1) is 0 Å². The van der Waals surface area contributed by atoms with Gasteiger partial charge in [-0.2, -0.15) is 4.31 Å². The van der Waals surface area contributed by atoms with E-state index in [2.05, 4.69) is 5.32 Å². The molecule has 0 aromatic heterocycles. The van der Waals surface area contributed by atoms with Gasteiger partial charge in [0.1, 0.15) is 17.8 Å². The Labute approximate surface area is 236 Å². The number of aryl methyl sites for hydroxylation is 1. The van der Waals surface area contributed by atoms with Gasteiger partial charge in [-0.25, -0.2) is 18.0 Å². The van der Waals surface area contributed by atoms with Gasteiger partial charge >= 0.3 is 12.1 Å². The molecule has 1 aliphatic heterocycles. The first-order valence-corrected chi connectivity index (χ1v) is 14.6. The molecule has 218 valence electrons. The number of hydrogen-bond acceptors (Lipinski definition) is 7. The monoisotopic (exact) mass is 573 g/mol. The minimum atomic E-state index is -3.90. The number of rotatable bonds is 9. The lowest BCUT2D eigenvalue weighted by Gasteiger charge is -2.26. The highest BCUT2D eigenvalue weighted by Gasteiger charge is 2.40. The fourth-order valence-electron chi connectivity index (χ4n) is 4.11. The van der Waals surface area contributed by atoms with E-state index >= 15 is 0 Å². The quantitative estimate of drug-likeness (QED) is 0.456. The molecule has 1 saturated heterocycles. The van der Waals surface area contributed by atoms with Crippen molar-refractivity contribution in [3.05, 3.63) is 59.7 Å². The molecule has 0 radical (unpaired) electrons. The second kappa shape index (κ2) is 12.8.